The molecule has 0 fully saturated rings. The van der Waals surface area contributed by atoms with Gasteiger partial charge in [0.05, 0.1) is 5.71 Å². The van der Waals surface area contributed by atoms with Gasteiger partial charge in [0.1, 0.15) is 0 Å². The van der Waals surface area contributed by atoms with E-state index in [4.69, 9.17) is 5.21 Å². The van der Waals surface area contributed by atoms with Crippen molar-refractivity contribution in [1.29, 1.82) is 0 Å². The molecule has 0 aromatic heterocycles. The average Bonchev–Trinajstić information content (AvgIpc) is 1.65. The van der Waals surface area contributed by atoms with Gasteiger partial charge in [-0.1, -0.05) is 5.16 Å². The number of rotatable bonds is 1. The highest BCUT2D eigenvalue weighted by molar-refractivity contribution is 7.81. The van der Waals surface area contributed by atoms with E-state index in [9.17, 15) is 0 Å². The zero-order chi connectivity index (χ0) is 5.86. The summed E-state index contributed by atoms with van der Waals surface area (Å²) in [5, 5.41) is 11.0. The summed E-state index contributed by atoms with van der Waals surface area (Å²) in [6.45, 7) is 3.57. The predicted octanol–water partition coefficient (Wildman–Crippen LogP) is 1.15. The minimum atomic E-state index is 0.0602. The van der Waals surface area contributed by atoms with Crippen molar-refractivity contribution in [2.45, 2.75) is 19.1 Å². The molecule has 2 nitrogen and oxygen atoms in total. The lowest BCUT2D eigenvalue weighted by molar-refractivity contribution is 0.318. The quantitative estimate of drug-likeness (QED) is 0.231. The lowest BCUT2D eigenvalue weighted by Gasteiger charge is -1.96. The van der Waals surface area contributed by atoms with Crippen LogP contribution in [0, 0.1) is 0 Å². The zero-order valence-corrected chi connectivity index (χ0v) is 5.31. The molecule has 0 saturated carbocycles. The lowest BCUT2D eigenvalue weighted by atomic mass is 10.3. The van der Waals surface area contributed by atoms with Crippen LogP contribution in [0.15, 0.2) is 5.16 Å². The van der Waals surface area contributed by atoms with Gasteiger partial charge in [-0.15, -0.1) is 0 Å². The van der Waals surface area contributed by atoms with E-state index in [1.165, 1.54) is 0 Å². The van der Waals surface area contributed by atoms with E-state index in [1.54, 1.807) is 6.92 Å². The van der Waals surface area contributed by atoms with Crippen LogP contribution in [0.3, 0.4) is 0 Å². The fourth-order valence-electron chi connectivity index (χ4n) is 0.0836. The molecule has 7 heavy (non-hydrogen) atoms. The predicted molar refractivity (Wildman–Crippen MR) is 33.3 cm³/mol. The molecule has 0 bridgehead atoms. The summed E-state index contributed by atoms with van der Waals surface area (Å²) in [5.41, 5.74) is 0.642. The second-order valence-electron chi connectivity index (χ2n) is 1.42. The summed E-state index contributed by atoms with van der Waals surface area (Å²) in [6, 6.07) is 0. The number of nitrogens with zero attached hydrogens (tertiary/aromatic N) is 1. The van der Waals surface area contributed by atoms with E-state index in [1.807, 2.05) is 6.92 Å². The number of hydrogen-bond acceptors (Lipinski definition) is 3. The molecular weight excluding hydrogens is 110 g/mol. The molecule has 0 aliphatic carbocycles. The van der Waals surface area contributed by atoms with Gasteiger partial charge in [0, 0.05) is 5.25 Å². The van der Waals surface area contributed by atoms with Crippen LogP contribution in [-0.2, 0) is 0 Å². The molecule has 0 saturated heterocycles. The molecule has 0 amide bonds. The summed E-state index contributed by atoms with van der Waals surface area (Å²) in [7, 11) is 0. The number of hydrogen-bond donors (Lipinski definition) is 2. The summed E-state index contributed by atoms with van der Waals surface area (Å²) in [6.07, 6.45) is 0. The normalized spacial score (nSPS) is 16.7. The SMILES string of the molecule is CC(=NO)C(C)S. The Balaban J connectivity index is 3.56. The topological polar surface area (TPSA) is 32.6 Å². The number of thiol groups is 1. The molecule has 0 radical (unpaired) electrons. The molecule has 1 atom stereocenters. The Labute approximate surface area is 48.6 Å². The van der Waals surface area contributed by atoms with Crippen molar-refractivity contribution in [2.24, 2.45) is 5.16 Å². The van der Waals surface area contributed by atoms with Crippen LogP contribution in [0.2, 0.25) is 0 Å². The fraction of sp³-hybridized carbons (Fsp3) is 0.750. The van der Waals surface area contributed by atoms with E-state index in [0.29, 0.717) is 5.71 Å². The Hall–Kier alpha value is -0.180. The molecule has 0 spiro atoms. The van der Waals surface area contributed by atoms with Gasteiger partial charge in [-0.05, 0) is 13.8 Å². The van der Waals surface area contributed by atoms with Gasteiger partial charge in [0.2, 0.25) is 0 Å². The van der Waals surface area contributed by atoms with Crippen LogP contribution in [0.5, 0.6) is 0 Å². The van der Waals surface area contributed by atoms with Crippen LogP contribution >= 0.6 is 12.6 Å². The lowest BCUT2D eigenvalue weighted by Crippen LogP contribution is -2.04. The Kier molecular flexibility index (Phi) is 2.83. The van der Waals surface area contributed by atoms with Crippen LogP contribution in [-0.4, -0.2) is 16.2 Å². The highest BCUT2D eigenvalue weighted by Gasteiger charge is 1.95. The summed E-state index contributed by atoms with van der Waals surface area (Å²) in [4.78, 5) is 0. The first-order valence-electron chi connectivity index (χ1n) is 2.05. The first kappa shape index (κ1) is 6.82. The third kappa shape index (κ3) is 2.51. The molecule has 0 aliphatic rings. The summed E-state index contributed by atoms with van der Waals surface area (Å²) >= 11 is 3.98. The Morgan fingerprint density at radius 2 is 2.29 bits per heavy atom. The van der Waals surface area contributed by atoms with Crippen molar-refractivity contribution in [3.63, 3.8) is 0 Å². The van der Waals surface area contributed by atoms with E-state index >= 15 is 0 Å². The summed E-state index contributed by atoms with van der Waals surface area (Å²) in [5.74, 6) is 0. The zero-order valence-electron chi connectivity index (χ0n) is 4.42. The van der Waals surface area contributed by atoms with Crippen molar-refractivity contribution in [3.8, 4) is 0 Å². The van der Waals surface area contributed by atoms with Crippen LogP contribution in [0.4, 0.5) is 0 Å². The monoisotopic (exact) mass is 119 g/mol. The van der Waals surface area contributed by atoms with Crippen molar-refractivity contribution < 1.29 is 5.21 Å². The largest absolute Gasteiger partial charge is 0.411 e. The van der Waals surface area contributed by atoms with E-state index in [2.05, 4.69) is 17.8 Å². The minimum Gasteiger partial charge on any atom is -0.411 e. The Bertz CT molecular complexity index is 79.8. The van der Waals surface area contributed by atoms with Gasteiger partial charge in [0.15, 0.2) is 0 Å². The molecule has 42 valence electrons. The molecule has 0 heterocycles. The second-order valence-corrected chi connectivity index (χ2v) is 2.19. The third-order valence-corrected chi connectivity index (χ3v) is 1.14. The smallest absolute Gasteiger partial charge is 0.0664 e. The van der Waals surface area contributed by atoms with Gasteiger partial charge in [-0.25, -0.2) is 0 Å². The first-order valence-corrected chi connectivity index (χ1v) is 2.56. The maximum Gasteiger partial charge on any atom is 0.0664 e. The van der Waals surface area contributed by atoms with Crippen molar-refractivity contribution >= 4 is 18.3 Å². The van der Waals surface area contributed by atoms with Gasteiger partial charge in [-0.3, -0.25) is 0 Å². The van der Waals surface area contributed by atoms with Crippen molar-refractivity contribution in [1.82, 2.24) is 0 Å². The highest BCUT2D eigenvalue weighted by Crippen LogP contribution is 1.93. The molecule has 0 aliphatic heterocycles. The van der Waals surface area contributed by atoms with Crippen molar-refractivity contribution in [2.75, 3.05) is 0 Å². The molecule has 3 heteroatoms. The van der Waals surface area contributed by atoms with E-state index in [-0.39, 0.29) is 5.25 Å². The fourth-order valence-corrected chi connectivity index (χ4v) is 0.135. The van der Waals surface area contributed by atoms with E-state index in [0.717, 1.165) is 0 Å². The molecule has 1 N–H and O–H groups in total. The highest BCUT2D eigenvalue weighted by atomic mass is 32.1. The Morgan fingerprint density at radius 3 is 2.29 bits per heavy atom. The molecule has 0 aromatic rings. The molecule has 0 aromatic carbocycles. The van der Waals surface area contributed by atoms with Crippen LogP contribution < -0.4 is 0 Å². The van der Waals surface area contributed by atoms with Crippen LogP contribution in [0.1, 0.15) is 13.8 Å². The molecule has 0 rings (SSSR count). The maximum absolute atomic E-state index is 8.04. The molecule has 1 unspecified atom stereocenters. The van der Waals surface area contributed by atoms with Crippen LogP contribution in [0.25, 0.3) is 0 Å². The molecular formula is C4H9NOS. The van der Waals surface area contributed by atoms with Gasteiger partial charge in [-0.2, -0.15) is 12.6 Å². The first-order chi connectivity index (χ1) is 3.18. The maximum atomic E-state index is 8.04. The average molecular weight is 119 g/mol. The summed E-state index contributed by atoms with van der Waals surface area (Å²) < 4.78 is 0. The Morgan fingerprint density at radius 1 is 1.86 bits per heavy atom. The van der Waals surface area contributed by atoms with Gasteiger partial charge >= 0.3 is 0 Å². The second kappa shape index (κ2) is 2.91. The third-order valence-electron chi connectivity index (χ3n) is 0.762. The standard InChI is InChI=1S/C4H9NOS/c1-3(5-6)4(2)7/h4,6-7H,1-2H3. The van der Waals surface area contributed by atoms with Gasteiger partial charge in [0.25, 0.3) is 0 Å². The van der Waals surface area contributed by atoms with Crippen molar-refractivity contribution in [3.05, 3.63) is 0 Å². The van der Waals surface area contributed by atoms with Gasteiger partial charge < -0.3 is 5.21 Å². The number of oxime groups is 1. The van der Waals surface area contributed by atoms with E-state index < -0.39 is 0 Å². The minimum absolute atomic E-state index is 0.0602.